The van der Waals surface area contributed by atoms with Gasteiger partial charge in [0, 0.05) is 35.3 Å². The summed E-state index contributed by atoms with van der Waals surface area (Å²) in [4.78, 5) is 16.3. The van der Waals surface area contributed by atoms with Crippen LogP contribution < -0.4 is 5.32 Å². The zero-order chi connectivity index (χ0) is 18.1. The maximum atomic E-state index is 14.1. The molecule has 4 rings (SSSR count). The van der Waals surface area contributed by atoms with Crippen LogP contribution in [0.25, 0.3) is 5.69 Å². The third-order valence-electron chi connectivity index (χ3n) is 4.57. The molecule has 2 heterocycles. The summed E-state index contributed by atoms with van der Waals surface area (Å²) < 4.78 is 28.8. The fourth-order valence-corrected chi connectivity index (χ4v) is 3.31. The minimum absolute atomic E-state index is 0.189. The first-order chi connectivity index (χ1) is 12.6. The average Bonchev–Trinajstić information content (AvgIpc) is 3.07. The van der Waals surface area contributed by atoms with Crippen molar-refractivity contribution in [2.45, 2.75) is 25.3 Å². The van der Waals surface area contributed by atoms with Crippen molar-refractivity contribution in [2.75, 3.05) is 0 Å². The van der Waals surface area contributed by atoms with Crippen LogP contribution in [-0.4, -0.2) is 20.7 Å². The normalized spacial score (nSPS) is 16.2. The Bertz CT molecular complexity index is 955. The van der Waals surface area contributed by atoms with Gasteiger partial charge < -0.3 is 5.32 Å². The quantitative estimate of drug-likeness (QED) is 0.785. The lowest BCUT2D eigenvalue weighted by molar-refractivity contribution is 0.0932. The van der Waals surface area contributed by atoms with Crippen LogP contribution in [0.4, 0.5) is 8.78 Å². The molecule has 5 nitrogen and oxygen atoms in total. The van der Waals surface area contributed by atoms with Gasteiger partial charge >= 0.3 is 0 Å². The molecule has 2 aromatic heterocycles. The van der Waals surface area contributed by atoms with Gasteiger partial charge in [0.1, 0.15) is 11.5 Å². The molecule has 1 aliphatic carbocycles. The predicted octanol–water partition coefficient (Wildman–Crippen LogP) is 3.35. The molecule has 1 aromatic carbocycles. The Kier molecular flexibility index (Phi) is 4.20. The molecule has 0 radical (unpaired) electrons. The molecular weight excluding hydrogens is 338 g/mol. The van der Waals surface area contributed by atoms with Crippen LogP contribution in [0.2, 0.25) is 0 Å². The highest BCUT2D eigenvalue weighted by Gasteiger charge is 2.27. The van der Waals surface area contributed by atoms with Crippen LogP contribution >= 0.6 is 0 Å². The number of aromatic nitrogens is 3. The van der Waals surface area contributed by atoms with E-state index in [2.05, 4.69) is 15.4 Å². The number of amides is 1. The number of hydrogen-bond donors (Lipinski definition) is 1. The first-order valence-electron chi connectivity index (χ1n) is 8.36. The number of carbonyl (C=O) groups excluding carboxylic acids is 1. The summed E-state index contributed by atoms with van der Waals surface area (Å²) in [7, 11) is 0. The standard InChI is InChI=1S/C19H16F2N4O/c20-13-4-5-18(15(21)10-13)25-17-3-1-2-16(14(17)11-23-25)24-19(26)12-6-8-22-9-7-12/h4-11,16H,1-3H2,(H,24,26). The molecule has 3 aromatic rings. The minimum atomic E-state index is -0.668. The third kappa shape index (κ3) is 2.96. The van der Waals surface area contributed by atoms with Crippen LogP contribution in [0, 0.1) is 11.6 Å². The van der Waals surface area contributed by atoms with Crippen LogP contribution in [0.5, 0.6) is 0 Å². The Balaban J connectivity index is 1.64. The van der Waals surface area contributed by atoms with Crippen molar-refractivity contribution < 1.29 is 13.6 Å². The molecule has 1 amide bonds. The van der Waals surface area contributed by atoms with E-state index in [4.69, 9.17) is 0 Å². The van der Waals surface area contributed by atoms with Crippen molar-refractivity contribution in [3.05, 3.63) is 77.4 Å². The molecule has 132 valence electrons. The molecule has 1 aliphatic rings. The Hall–Kier alpha value is -3.09. The number of rotatable bonds is 3. The zero-order valence-electron chi connectivity index (χ0n) is 13.8. The van der Waals surface area contributed by atoms with E-state index in [0.29, 0.717) is 12.0 Å². The van der Waals surface area contributed by atoms with Gasteiger partial charge in [-0.2, -0.15) is 5.10 Å². The van der Waals surface area contributed by atoms with Crippen LogP contribution in [-0.2, 0) is 6.42 Å². The van der Waals surface area contributed by atoms with Crippen molar-refractivity contribution in [2.24, 2.45) is 0 Å². The number of halogens is 2. The van der Waals surface area contributed by atoms with E-state index in [1.165, 1.54) is 16.8 Å². The molecule has 1 atom stereocenters. The lowest BCUT2D eigenvalue weighted by Crippen LogP contribution is -2.31. The summed E-state index contributed by atoms with van der Waals surface area (Å²) in [6, 6.07) is 6.52. The fraction of sp³-hybridized carbons (Fsp3) is 0.211. The Morgan fingerprint density at radius 3 is 2.77 bits per heavy atom. The first-order valence-corrected chi connectivity index (χ1v) is 8.36. The summed E-state index contributed by atoms with van der Waals surface area (Å²) in [6.07, 6.45) is 7.11. The molecule has 0 saturated heterocycles. The maximum Gasteiger partial charge on any atom is 0.251 e. The second-order valence-electron chi connectivity index (χ2n) is 6.21. The van der Waals surface area contributed by atoms with Gasteiger partial charge in [0.05, 0.1) is 12.2 Å². The second kappa shape index (κ2) is 6.67. The highest BCUT2D eigenvalue weighted by atomic mass is 19.1. The van der Waals surface area contributed by atoms with Crippen molar-refractivity contribution in [1.82, 2.24) is 20.1 Å². The molecule has 0 aliphatic heterocycles. The second-order valence-corrected chi connectivity index (χ2v) is 6.21. The molecule has 1 N–H and O–H groups in total. The lowest BCUT2D eigenvalue weighted by Gasteiger charge is -2.24. The summed E-state index contributed by atoms with van der Waals surface area (Å²) >= 11 is 0. The highest BCUT2D eigenvalue weighted by Crippen LogP contribution is 2.31. The van der Waals surface area contributed by atoms with E-state index in [-0.39, 0.29) is 17.6 Å². The van der Waals surface area contributed by atoms with Crippen LogP contribution in [0.3, 0.4) is 0 Å². The smallest absolute Gasteiger partial charge is 0.251 e. The predicted molar refractivity (Wildman–Crippen MR) is 90.9 cm³/mol. The number of nitrogens with one attached hydrogen (secondary N) is 1. The van der Waals surface area contributed by atoms with Gasteiger partial charge in [0.25, 0.3) is 5.91 Å². The van der Waals surface area contributed by atoms with Gasteiger partial charge in [-0.25, -0.2) is 13.5 Å². The van der Waals surface area contributed by atoms with E-state index >= 15 is 0 Å². The first kappa shape index (κ1) is 16.4. The molecule has 0 fully saturated rings. The summed E-state index contributed by atoms with van der Waals surface area (Å²) in [6.45, 7) is 0. The van der Waals surface area contributed by atoms with E-state index in [9.17, 15) is 13.6 Å². The van der Waals surface area contributed by atoms with Crippen LogP contribution in [0.1, 0.15) is 40.5 Å². The van der Waals surface area contributed by atoms with Gasteiger partial charge in [0.15, 0.2) is 5.82 Å². The van der Waals surface area contributed by atoms with Crippen LogP contribution in [0.15, 0.2) is 48.9 Å². The average molecular weight is 354 g/mol. The van der Waals surface area contributed by atoms with Gasteiger partial charge in [-0.15, -0.1) is 0 Å². The molecule has 0 spiro atoms. The van der Waals surface area contributed by atoms with Crippen molar-refractivity contribution in [3.63, 3.8) is 0 Å². The topological polar surface area (TPSA) is 59.8 Å². The number of benzene rings is 1. The summed E-state index contributed by atoms with van der Waals surface area (Å²) in [5.41, 5.74) is 2.43. The fourth-order valence-electron chi connectivity index (χ4n) is 3.31. The Labute approximate surface area is 148 Å². The molecule has 26 heavy (non-hydrogen) atoms. The third-order valence-corrected chi connectivity index (χ3v) is 4.57. The van der Waals surface area contributed by atoms with Gasteiger partial charge in [-0.1, -0.05) is 0 Å². The van der Waals surface area contributed by atoms with Crippen molar-refractivity contribution in [1.29, 1.82) is 0 Å². The monoisotopic (exact) mass is 354 g/mol. The zero-order valence-corrected chi connectivity index (χ0v) is 13.8. The maximum absolute atomic E-state index is 14.1. The van der Waals surface area contributed by atoms with Gasteiger partial charge in [-0.05, 0) is 43.5 Å². The molecule has 0 saturated carbocycles. The van der Waals surface area contributed by atoms with Crippen molar-refractivity contribution in [3.8, 4) is 5.69 Å². The number of hydrogen-bond acceptors (Lipinski definition) is 3. The molecule has 7 heteroatoms. The number of carbonyl (C=O) groups is 1. The van der Waals surface area contributed by atoms with Gasteiger partial charge in [-0.3, -0.25) is 9.78 Å². The molecule has 0 bridgehead atoms. The lowest BCUT2D eigenvalue weighted by atomic mass is 9.92. The van der Waals surface area contributed by atoms with Crippen molar-refractivity contribution >= 4 is 5.91 Å². The highest BCUT2D eigenvalue weighted by molar-refractivity contribution is 5.94. The summed E-state index contributed by atoms with van der Waals surface area (Å²) in [5.74, 6) is -1.49. The van der Waals surface area contributed by atoms with E-state index in [1.54, 1.807) is 30.7 Å². The van der Waals surface area contributed by atoms with E-state index in [0.717, 1.165) is 30.2 Å². The summed E-state index contributed by atoms with van der Waals surface area (Å²) in [5, 5.41) is 7.29. The van der Waals surface area contributed by atoms with E-state index in [1.807, 2.05) is 0 Å². The minimum Gasteiger partial charge on any atom is -0.345 e. The van der Waals surface area contributed by atoms with E-state index < -0.39 is 11.6 Å². The SMILES string of the molecule is O=C(NC1CCCc2c1cnn2-c1ccc(F)cc1F)c1ccncc1. The molecule has 1 unspecified atom stereocenters. The molecular formula is C19H16F2N4O. The van der Waals surface area contributed by atoms with Gasteiger partial charge in [0.2, 0.25) is 0 Å². The Morgan fingerprint density at radius 1 is 1.19 bits per heavy atom. The number of nitrogens with zero attached hydrogens (tertiary/aromatic N) is 3. The number of pyridine rings is 1. The number of fused-ring (bicyclic) bond motifs is 1. The largest absolute Gasteiger partial charge is 0.345 e. The Morgan fingerprint density at radius 2 is 2.00 bits per heavy atom.